The molecule has 0 aliphatic carbocycles. The van der Waals surface area contributed by atoms with Crippen molar-refractivity contribution in [3.63, 3.8) is 0 Å². The van der Waals surface area contributed by atoms with Crippen molar-refractivity contribution >= 4 is 8.60 Å². The predicted octanol–water partition coefficient (Wildman–Crippen LogP) is 12.8. The highest BCUT2D eigenvalue weighted by molar-refractivity contribution is 7.42. The van der Waals surface area contributed by atoms with Crippen LogP contribution in [-0.4, -0.2) is 38.6 Å². The maximum absolute atomic E-state index is 6.36. The topological polar surface area (TPSA) is 46.2 Å². The van der Waals surface area contributed by atoms with Crippen molar-refractivity contribution in [1.29, 1.82) is 0 Å². The van der Waals surface area contributed by atoms with Crippen LogP contribution in [-0.2, 0) is 18.5 Å². The molecule has 0 aliphatic heterocycles. The van der Waals surface area contributed by atoms with Gasteiger partial charge in [0.25, 0.3) is 0 Å². The molecule has 2 atom stereocenters. The Morgan fingerprint density at radius 3 is 1.32 bits per heavy atom. The number of para-hydroxylation sites is 1. The van der Waals surface area contributed by atoms with Gasteiger partial charge in [0.2, 0.25) is 0 Å². The summed E-state index contributed by atoms with van der Waals surface area (Å²) in [7, 11) is -1.49. The molecule has 1 rings (SSSR count). The first-order valence-electron chi connectivity index (χ1n) is 18.8. The van der Waals surface area contributed by atoms with E-state index in [-0.39, 0.29) is 12.2 Å². The molecule has 258 valence electrons. The summed E-state index contributed by atoms with van der Waals surface area (Å²) < 4.78 is 31.5. The third-order valence-electron chi connectivity index (χ3n) is 8.16. The van der Waals surface area contributed by atoms with Crippen molar-refractivity contribution in [2.45, 2.75) is 181 Å². The number of ether oxygens (including phenoxy) is 2. The monoisotopic (exact) mass is 639 g/mol. The van der Waals surface area contributed by atoms with Crippen molar-refractivity contribution in [2.24, 2.45) is 0 Å². The van der Waals surface area contributed by atoms with Crippen molar-refractivity contribution in [3.05, 3.63) is 30.3 Å². The van der Waals surface area contributed by atoms with Crippen LogP contribution in [0.15, 0.2) is 30.3 Å². The molecule has 0 radical (unpaired) electrons. The van der Waals surface area contributed by atoms with Crippen LogP contribution in [0.1, 0.15) is 169 Å². The maximum Gasteiger partial charge on any atom is 0.397 e. The zero-order valence-corrected chi connectivity index (χ0v) is 30.3. The highest BCUT2D eigenvalue weighted by Crippen LogP contribution is 2.41. The molecule has 1 aromatic carbocycles. The molecular formula is C38H71O5P. The number of hydrogen-bond acceptors (Lipinski definition) is 5. The van der Waals surface area contributed by atoms with Crippen molar-refractivity contribution in [1.82, 2.24) is 0 Å². The van der Waals surface area contributed by atoms with Gasteiger partial charge in [0.15, 0.2) is 0 Å². The van der Waals surface area contributed by atoms with Gasteiger partial charge in [0.05, 0.1) is 25.4 Å². The van der Waals surface area contributed by atoms with E-state index in [1.54, 1.807) is 0 Å². The SMILES string of the molecule is CCCCCCCCOC(CCCCC)CCOP(OCCC(CCCCC)OCCCCCCCC)Oc1ccccc1. The fraction of sp³-hybridized carbons (Fsp3) is 0.842. The van der Waals surface area contributed by atoms with Gasteiger partial charge in [0.1, 0.15) is 5.75 Å². The summed E-state index contributed by atoms with van der Waals surface area (Å²) in [6.07, 6.45) is 27.3. The van der Waals surface area contributed by atoms with Crippen molar-refractivity contribution < 1.29 is 23.0 Å². The zero-order valence-electron chi connectivity index (χ0n) is 29.4. The van der Waals surface area contributed by atoms with E-state index in [2.05, 4.69) is 27.7 Å². The van der Waals surface area contributed by atoms with Gasteiger partial charge in [-0.3, -0.25) is 0 Å². The summed E-state index contributed by atoms with van der Waals surface area (Å²) in [5.41, 5.74) is 0. The third-order valence-corrected chi connectivity index (χ3v) is 9.31. The molecule has 44 heavy (non-hydrogen) atoms. The molecule has 0 spiro atoms. The Labute approximate surface area is 274 Å². The molecular weight excluding hydrogens is 567 g/mol. The lowest BCUT2D eigenvalue weighted by Gasteiger charge is -2.22. The van der Waals surface area contributed by atoms with E-state index in [0.29, 0.717) is 13.2 Å². The molecule has 2 unspecified atom stereocenters. The lowest BCUT2D eigenvalue weighted by molar-refractivity contribution is 0.0224. The van der Waals surface area contributed by atoms with Crippen LogP contribution in [0.2, 0.25) is 0 Å². The Balaban J connectivity index is 2.57. The minimum Gasteiger partial charge on any atom is -0.427 e. The fourth-order valence-corrected chi connectivity index (χ4v) is 6.29. The van der Waals surface area contributed by atoms with Crippen LogP contribution >= 0.6 is 8.60 Å². The maximum atomic E-state index is 6.36. The number of hydrogen-bond donors (Lipinski definition) is 0. The minimum atomic E-state index is -1.49. The van der Waals surface area contributed by atoms with Crippen LogP contribution in [0.4, 0.5) is 0 Å². The molecule has 0 aromatic heterocycles. The van der Waals surface area contributed by atoms with Crippen LogP contribution < -0.4 is 4.52 Å². The minimum absolute atomic E-state index is 0.240. The molecule has 0 fully saturated rings. The molecule has 1 aromatic rings. The highest BCUT2D eigenvalue weighted by Gasteiger charge is 2.19. The Kier molecular flexibility index (Phi) is 30.3. The summed E-state index contributed by atoms with van der Waals surface area (Å²) in [4.78, 5) is 0. The average molecular weight is 639 g/mol. The summed E-state index contributed by atoms with van der Waals surface area (Å²) in [6, 6.07) is 9.92. The average Bonchev–Trinajstić information content (AvgIpc) is 3.04. The molecule has 0 heterocycles. The summed E-state index contributed by atoms with van der Waals surface area (Å²) in [6.45, 7) is 11.9. The summed E-state index contributed by atoms with van der Waals surface area (Å²) >= 11 is 0. The van der Waals surface area contributed by atoms with E-state index < -0.39 is 8.60 Å². The van der Waals surface area contributed by atoms with Gasteiger partial charge in [-0.15, -0.1) is 0 Å². The second-order valence-electron chi connectivity index (χ2n) is 12.4. The van der Waals surface area contributed by atoms with Gasteiger partial charge in [-0.05, 0) is 50.7 Å². The highest BCUT2D eigenvalue weighted by atomic mass is 31.2. The normalized spacial score (nSPS) is 13.6. The largest absolute Gasteiger partial charge is 0.427 e. The van der Waals surface area contributed by atoms with Crippen molar-refractivity contribution in [3.8, 4) is 5.75 Å². The summed E-state index contributed by atoms with van der Waals surface area (Å²) in [5.74, 6) is 0.788. The lowest BCUT2D eigenvalue weighted by atomic mass is 10.1. The third kappa shape index (κ3) is 25.5. The van der Waals surface area contributed by atoms with Gasteiger partial charge in [-0.25, -0.2) is 0 Å². The van der Waals surface area contributed by atoms with E-state index >= 15 is 0 Å². The van der Waals surface area contributed by atoms with Gasteiger partial charge in [-0.2, -0.15) is 0 Å². The first kappa shape index (κ1) is 41.3. The molecule has 5 nitrogen and oxygen atoms in total. The Morgan fingerprint density at radius 2 is 0.864 bits per heavy atom. The van der Waals surface area contributed by atoms with E-state index in [1.807, 2.05) is 30.3 Å². The van der Waals surface area contributed by atoms with Crippen LogP contribution in [0.3, 0.4) is 0 Å². The number of unbranched alkanes of at least 4 members (excludes halogenated alkanes) is 14. The molecule has 6 heteroatoms. The molecule has 0 saturated carbocycles. The number of rotatable bonds is 34. The van der Waals surface area contributed by atoms with Crippen LogP contribution in [0.5, 0.6) is 5.75 Å². The fourth-order valence-electron chi connectivity index (χ4n) is 5.31. The number of benzene rings is 1. The Hall–Kier alpha value is -0.710. The predicted molar refractivity (Wildman–Crippen MR) is 190 cm³/mol. The quantitative estimate of drug-likeness (QED) is 0.0555. The van der Waals surface area contributed by atoms with Gasteiger partial charge in [-0.1, -0.05) is 149 Å². The summed E-state index contributed by atoms with van der Waals surface area (Å²) in [5, 5.41) is 0. The molecule has 0 aliphatic rings. The first-order valence-corrected chi connectivity index (χ1v) is 19.8. The van der Waals surface area contributed by atoms with Crippen molar-refractivity contribution in [2.75, 3.05) is 26.4 Å². The molecule has 0 bridgehead atoms. The van der Waals surface area contributed by atoms with Gasteiger partial charge in [0, 0.05) is 13.2 Å². The first-order chi connectivity index (χ1) is 21.7. The zero-order chi connectivity index (χ0) is 31.8. The molecule has 0 N–H and O–H groups in total. The van der Waals surface area contributed by atoms with Gasteiger partial charge >= 0.3 is 8.60 Å². The van der Waals surface area contributed by atoms with E-state index in [0.717, 1.165) is 57.5 Å². The molecule has 0 saturated heterocycles. The van der Waals surface area contributed by atoms with Crippen LogP contribution in [0, 0.1) is 0 Å². The van der Waals surface area contributed by atoms with Crippen LogP contribution in [0.25, 0.3) is 0 Å². The van der Waals surface area contributed by atoms with E-state index in [9.17, 15) is 0 Å². The van der Waals surface area contributed by atoms with E-state index in [4.69, 9.17) is 23.0 Å². The molecule has 0 amide bonds. The lowest BCUT2D eigenvalue weighted by Crippen LogP contribution is -2.18. The second kappa shape index (κ2) is 32.2. The van der Waals surface area contributed by atoms with E-state index in [1.165, 1.54) is 103 Å². The standard InChI is InChI=1S/C38H71O5P/c1-5-9-13-15-17-24-32-39-36(26-20-11-7-3)30-34-41-44(43-38-28-22-19-23-29-38)42-35-31-37(27-21-12-8-4)40-33-25-18-16-14-10-6-2/h19,22-23,28-29,36-37H,5-18,20-21,24-27,30-35H2,1-4H3. The second-order valence-corrected chi connectivity index (χ2v) is 13.5. The smallest absolute Gasteiger partial charge is 0.397 e. The Morgan fingerprint density at radius 1 is 0.455 bits per heavy atom. The van der Waals surface area contributed by atoms with Gasteiger partial charge < -0.3 is 23.0 Å². The Bertz CT molecular complexity index is 653.